The van der Waals surface area contributed by atoms with Crippen LogP contribution in [0.1, 0.15) is 12.0 Å². The van der Waals surface area contributed by atoms with Crippen LogP contribution < -0.4 is 30.7 Å². The van der Waals surface area contributed by atoms with E-state index in [1.165, 1.54) is 5.56 Å². The van der Waals surface area contributed by atoms with Crippen molar-refractivity contribution in [2.24, 2.45) is 0 Å². The molecule has 0 saturated carbocycles. The Morgan fingerprint density at radius 1 is 1.14 bits per heavy atom. The highest BCUT2D eigenvalue weighted by Gasteiger charge is 2.23. The van der Waals surface area contributed by atoms with Crippen LogP contribution in [0.5, 0.6) is 5.75 Å². The summed E-state index contributed by atoms with van der Waals surface area (Å²) in [5, 5.41) is 4.29. The molecule has 0 atom stereocenters. The van der Waals surface area contributed by atoms with Gasteiger partial charge in [-0.3, -0.25) is 14.5 Å². The second-order valence-corrected chi connectivity index (χ2v) is 9.32. The number of aromatic amines is 1. The number of anilines is 4. The fourth-order valence-corrected chi connectivity index (χ4v) is 4.90. The van der Waals surface area contributed by atoms with Crippen LogP contribution in [-0.2, 0) is 6.42 Å². The van der Waals surface area contributed by atoms with Crippen molar-refractivity contribution in [2.75, 3.05) is 69.0 Å². The van der Waals surface area contributed by atoms with Crippen molar-refractivity contribution in [1.82, 2.24) is 19.9 Å². The highest BCUT2D eigenvalue weighted by Crippen LogP contribution is 2.28. The second-order valence-electron chi connectivity index (χ2n) is 9.32. The minimum absolute atomic E-state index is 0.361. The summed E-state index contributed by atoms with van der Waals surface area (Å²) < 4.78 is 5.41. The Hall–Kier alpha value is -3.92. The SMILES string of the molecule is COc1cncnc1N1CCN(CCCc2c[nH]c3ccc(Nc4c(N(C)C)c(=O)c4=O)cc23)CC1. The maximum atomic E-state index is 12.1. The lowest BCUT2D eigenvalue weighted by Crippen LogP contribution is -2.47. The molecule has 1 aliphatic rings. The number of hydrogen-bond acceptors (Lipinski definition) is 9. The largest absolute Gasteiger partial charge is 0.491 e. The van der Waals surface area contributed by atoms with Gasteiger partial charge in [-0.25, -0.2) is 9.97 Å². The van der Waals surface area contributed by atoms with Gasteiger partial charge in [-0.1, -0.05) is 0 Å². The van der Waals surface area contributed by atoms with Crippen LogP contribution in [0.3, 0.4) is 0 Å². The van der Waals surface area contributed by atoms with Crippen LogP contribution in [0.2, 0.25) is 0 Å². The van der Waals surface area contributed by atoms with E-state index in [1.54, 1.807) is 38.6 Å². The Morgan fingerprint density at radius 2 is 1.94 bits per heavy atom. The van der Waals surface area contributed by atoms with Gasteiger partial charge < -0.3 is 24.8 Å². The molecule has 0 amide bonds. The minimum atomic E-state index is -0.466. The lowest BCUT2D eigenvalue weighted by Gasteiger charge is -2.35. The number of nitrogens with zero attached hydrogens (tertiary/aromatic N) is 5. The number of rotatable bonds is 9. The van der Waals surface area contributed by atoms with Crippen molar-refractivity contribution in [3.8, 4) is 5.75 Å². The molecule has 0 unspecified atom stereocenters. The van der Waals surface area contributed by atoms with E-state index in [0.717, 1.165) is 68.0 Å². The molecular formula is C26H31N7O3. The second kappa shape index (κ2) is 9.98. The van der Waals surface area contributed by atoms with Gasteiger partial charge in [0.15, 0.2) is 11.6 Å². The lowest BCUT2D eigenvalue weighted by atomic mass is 10.1. The molecule has 10 heteroatoms. The standard InChI is InChI=1S/C26H31N7O3/c1-31(2)23-22(24(34)25(23)35)30-18-6-7-20-19(13-18)17(14-28-20)5-4-8-32-9-11-33(12-10-32)26-21(36-3)15-27-16-29-26/h6-7,13-16,28,30H,4-5,8-12H2,1-3H3. The molecule has 2 aromatic carbocycles. The number of aryl methyl sites for hydroxylation is 1. The summed E-state index contributed by atoms with van der Waals surface area (Å²) in [4.78, 5) is 42.2. The minimum Gasteiger partial charge on any atom is -0.491 e. The molecule has 0 radical (unpaired) electrons. The van der Waals surface area contributed by atoms with Crippen molar-refractivity contribution < 1.29 is 4.74 Å². The van der Waals surface area contributed by atoms with Gasteiger partial charge in [0.2, 0.25) is 0 Å². The quantitative estimate of drug-likeness (QED) is 0.342. The number of hydrogen-bond donors (Lipinski definition) is 2. The third kappa shape index (κ3) is 4.51. The van der Waals surface area contributed by atoms with Crippen molar-refractivity contribution in [3.63, 3.8) is 0 Å². The highest BCUT2D eigenvalue weighted by molar-refractivity contribution is 5.88. The van der Waals surface area contributed by atoms with Crippen molar-refractivity contribution >= 4 is 33.8 Å². The molecule has 4 aromatic rings. The number of piperazine rings is 1. The van der Waals surface area contributed by atoms with Gasteiger partial charge in [-0.05, 0) is 43.1 Å². The van der Waals surface area contributed by atoms with Crippen LogP contribution in [0, 0.1) is 0 Å². The van der Waals surface area contributed by atoms with Crippen LogP contribution in [0.25, 0.3) is 10.9 Å². The average Bonchev–Trinajstić information content (AvgIpc) is 3.30. The Bertz CT molecular complexity index is 1430. The predicted octanol–water partition coefficient (Wildman–Crippen LogP) is 2.13. The van der Waals surface area contributed by atoms with Crippen LogP contribution in [-0.4, -0.2) is 73.8 Å². The summed E-state index contributed by atoms with van der Waals surface area (Å²) in [5.41, 5.74) is 2.98. The van der Waals surface area contributed by atoms with E-state index >= 15 is 0 Å². The number of fused-ring (bicyclic) bond motifs is 1. The summed E-state index contributed by atoms with van der Waals surface area (Å²) in [6.07, 6.45) is 7.33. The molecule has 36 heavy (non-hydrogen) atoms. The fraction of sp³-hybridized carbons (Fsp3) is 0.385. The average molecular weight is 490 g/mol. The Morgan fingerprint density at radius 3 is 2.69 bits per heavy atom. The zero-order chi connectivity index (χ0) is 25.2. The van der Waals surface area contributed by atoms with Gasteiger partial charge in [-0.2, -0.15) is 0 Å². The Labute approximate surface area is 209 Å². The van der Waals surface area contributed by atoms with E-state index < -0.39 is 10.9 Å². The van der Waals surface area contributed by atoms with E-state index in [-0.39, 0.29) is 0 Å². The zero-order valence-corrected chi connectivity index (χ0v) is 20.9. The van der Waals surface area contributed by atoms with E-state index in [0.29, 0.717) is 17.1 Å². The monoisotopic (exact) mass is 489 g/mol. The molecule has 5 rings (SSSR count). The van der Waals surface area contributed by atoms with E-state index in [4.69, 9.17) is 4.74 Å². The number of ether oxygens (including phenoxy) is 1. The normalized spacial score (nSPS) is 14.5. The van der Waals surface area contributed by atoms with Gasteiger partial charge >= 0.3 is 0 Å². The van der Waals surface area contributed by atoms with Crippen molar-refractivity contribution in [2.45, 2.75) is 12.8 Å². The third-order valence-corrected chi connectivity index (χ3v) is 6.84. The molecule has 10 nitrogen and oxygen atoms in total. The van der Waals surface area contributed by atoms with Crippen molar-refractivity contribution in [3.05, 3.63) is 62.9 Å². The summed E-state index contributed by atoms with van der Waals surface area (Å²) in [5.74, 6) is 1.57. The first-order valence-corrected chi connectivity index (χ1v) is 12.1. The van der Waals surface area contributed by atoms with Gasteiger partial charge in [0.25, 0.3) is 10.9 Å². The van der Waals surface area contributed by atoms with Gasteiger partial charge in [0.1, 0.15) is 17.7 Å². The number of aromatic nitrogens is 3. The fourth-order valence-electron chi connectivity index (χ4n) is 4.90. The van der Waals surface area contributed by atoms with Crippen LogP contribution in [0.4, 0.5) is 22.9 Å². The van der Waals surface area contributed by atoms with Gasteiger partial charge in [0, 0.05) is 63.1 Å². The lowest BCUT2D eigenvalue weighted by molar-refractivity contribution is 0.253. The van der Waals surface area contributed by atoms with Crippen LogP contribution >= 0.6 is 0 Å². The van der Waals surface area contributed by atoms with Crippen molar-refractivity contribution in [1.29, 1.82) is 0 Å². The first-order chi connectivity index (χ1) is 17.5. The van der Waals surface area contributed by atoms with E-state index in [1.807, 2.05) is 18.2 Å². The maximum Gasteiger partial charge on any atom is 0.253 e. The molecular weight excluding hydrogens is 458 g/mol. The molecule has 0 spiro atoms. The predicted molar refractivity (Wildman–Crippen MR) is 143 cm³/mol. The topological polar surface area (TPSA) is 107 Å². The molecule has 2 aromatic heterocycles. The maximum absolute atomic E-state index is 12.1. The summed E-state index contributed by atoms with van der Waals surface area (Å²) >= 11 is 0. The number of H-pyrrole nitrogens is 1. The third-order valence-electron chi connectivity index (χ3n) is 6.84. The zero-order valence-electron chi connectivity index (χ0n) is 20.9. The first-order valence-electron chi connectivity index (χ1n) is 12.1. The highest BCUT2D eigenvalue weighted by atomic mass is 16.5. The smallest absolute Gasteiger partial charge is 0.253 e. The van der Waals surface area contributed by atoms with E-state index in [2.05, 4.69) is 36.3 Å². The molecule has 3 heterocycles. The molecule has 0 bridgehead atoms. The van der Waals surface area contributed by atoms with Crippen LogP contribution in [0.15, 0.2) is 46.5 Å². The number of benzene rings is 1. The summed E-state index contributed by atoms with van der Waals surface area (Å²) in [7, 11) is 5.18. The summed E-state index contributed by atoms with van der Waals surface area (Å²) in [6, 6.07) is 5.97. The summed E-state index contributed by atoms with van der Waals surface area (Å²) in [6.45, 7) is 4.79. The number of methoxy groups -OCH3 is 1. The number of nitrogens with one attached hydrogen (secondary N) is 2. The molecule has 2 N–H and O–H groups in total. The van der Waals surface area contributed by atoms with E-state index in [9.17, 15) is 9.59 Å². The molecule has 0 aliphatic carbocycles. The molecule has 1 fully saturated rings. The van der Waals surface area contributed by atoms with Gasteiger partial charge in [0.05, 0.1) is 13.3 Å². The molecule has 1 aliphatic heterocycles. The molecule has 188 valence electrons. The van der Waals surface area contributed by atoms with Gasteiger partial charge in [-0.15, -0.1) is 0 Å². The first kappa shape index (κ1) is 23.8. The Kier molecular flexibility index (Phi) is 6.60. The molecule has 1 saturated heterocycles. The Balaban J connectivity index is 1.18.